The Bertz CT molecular complexity index is 2420. The molecule has 0 aliphatic carbocycles. The number of carbonyl (C=O) groups excluding carboxylic acids is 6. The minimum atomic E-state index is -0.635. The van der Waals surface area contributed by atoms with Gasteiger partial charge in [-0.05, 0) is 86.3 Å². The first-order valence-corrected chi connectivity index (χ1v) is 19.4. The van der Waals surface area contributed by atoms with E-state index in [0.29, 0.717) is 34.9 Å². The van der Waals surface area contributed by atoms with Crippen LogP contribution in [0.4, 0.5) is 17.1 Å². The van der Waals surface area contributed by atoms with E-state index in [1.54, 1.807) is 54.6 Å². The summed E-state index contributed by atoms with van der Waals surface area (Å²) in [6, 6.07) is 21.8. The minimum absolute atomic E-state index is 0.175. The number of nitrogens with zero attached hydrogens (tertiary/aromatic N) is 4. The number of benzene rings is 5. The summed E-state index contributed by atoms with van der Waals surface area (Å²) in [4.78, 5) is 90.0. The van der Waals surface area contributed by atoms with Gasteiger partial charge in [0.15, 0.2) is 0 Å². The number of hydrogen-bond donors (Lipinski definition) is 0. The molecule has 0 saturated carbocycles. The average Bonchev–Trinajstić information content (AvgIpc) is 3.21. The summed E-state index contributed by atoms with van der Waals surface area (Å²) in [5, 5.41) is 2.10. The highest BCUT2D eigenvalue weighted by molar-refractivity contribution is 6.40. The molecule has 0 radical (unpaired) electrons. The molecule has 10 nitrogen and oxygen atoms in total. The van der Waals surface area contributed by atoms with E-state index in [0.717, 1.165) is 78.9 Å². The molecule has 0 unspecified atom stereocenters. The van der Waals surface area contributed by atoms with Gasteiger partial charge in [0.25, 0.3) is 35.4 Å². The SMILES string of the molecule is CCCCCCCCN1C(=O)c2ccc3c4c(ccc(c24)C1=O)C(=O)N(c1cccc(N2C(=O)c4cccc5c(N6CCCCC6)ccc(c45)C2=O)c1)C3=O. The van der Waals surface area contributed by atoms with Crippen molar-refractivity contribution in [3.8, 4) is 0 Å². The molecule has 5 aromatic carbocycles. The number of hydrogen-bond acceptors (Lipinski definition) is 7. The third-order valence-corrected chi connectivity index (χ3v) is 11.6. The van der Waals surface area contributed by atoms with Gasteiger partial charge in [-0.2, -0.15) is 0 Å². The Kier molecular flexibility index (Phi) is 8.56. The van der Waals surface area contributed by atoms with Crippen LogP contribution >= 0.6 is 0 Å². The predicted octanol–water partition coefficient (Wildman–Crippen LogP) is 8.54. The Labute approximate surface area is 318 Å². The number of unbranched alkanes of at least 4 members (excludes halogenated alkanes) is 5. The normalized spacial score (nSPS) is 16.7. The third kappa shape index (κ3) is 5.37. The molecule has 4 aliphatic heterocycles. The lowest BCUT2D eigenvalue weighted by Gasteiger charge is -2.33. The lowest BCUT2D eigenvalue weighted by Crippen LogP contribution is -2.44. The third-order valence-electron chi connectivity index (χ3n) is 11.6. The first-order valence-electron chi connectivity index (χ1n) is 19.4. The number of carbonyl (C=O) groups is 6. The molecule has 276 valence electrons. The van der Waals surface area contributed by atoms with Crippen LogP contribution in [0.5, 0.6) is 0 Å². The molecule has 55 heavy (non-hydrogen) atoms. The summed E-state index contributed by atoms with van der Waals surface area (Å²) in [5.41, 5.74) is 3.16. The number of amides is 6. The van der Waals surface area contributed by atoms with Crippen LogP contribution in [-0.2, 0) is 0 Å². The van der Waals surface area contributed by atoms with Crippen molar-refractivity contribution in [3.05, 3.63) is 112 Å². The lowest BCUT2D eigenvalue weighted by atomic mass is 9.85. The van der Waals surface area contributed by atoms with Crippen LogP contribution in [0, 0.1) is 0 Å². The Morgan fingerprint density at radius 2 is 0.945 bits per heavy atom. The summed E-state index contributed by atoms with van der Waals surface area (Å²) in [6.45, 7) is 4.30. The van der Waals surface area contributed by atoms with Crippen LogP contribution in [0.2, 0.25) is 0 Å². The number of imide groups is 3. The molecule has 0 spiro atoms. The maximum atomic E-state index is 14.3. The van der Waals surface area contributed by atoms with Gasteiger partial charge in [-0.15, -0.1) is 0 Å². The van der Waals surface area contributed by atoms with Gasteiger partial charge in [0.1, 0.15) is 0 Å². The fourth-order valence-corrected chi connectivity index (χ4v) is 8.91. The fourth-order valence-electron chi connectivity index (χ4n) is 8.91. The van der Waals surface area contributed by atoms with Crippen molar-refractivity contribution in [2.24, 2.45) is 0 Å². The lowest BCUT2D eigenvalue weighted by molar-refractivity contribution is 0.0605. The van der Waals surface area contributed by atoms with E-state index in [-0.39, 0.29) is 39.0 Å². The van der Waals surface area contributed by atoms with E-state index < -0.39 is 35.4 Å². The topological polar surface area (TPSA) is 115 Å². The van der Waals surface area contributed by atoms with Crippen molar-refractivity contribution < 1.29 is 28.8 Å². The largest absolute Gasteiger partial charge is 0.371 e. The molecule has 6 amide bonds. The molecular weight excluding hydrogens is 693 g/mol. The second kappa shape index (κ2) is 13.6. The van der Waals surface area contributed by atoms with Gasteiger partial charge < -0.3 is 4.90 Å². The Balaban J connectivity index is 1.03. The zero-order valence-corrected chi connectivity index (χ0v) is 30.7. The summed E-state index contributed by atoms with van der Waals surface area (Å²) >= 11 is 0. The highest BCUT2D eigenvalue weighted by Gasteiger charge is 2.41. The Morgan fingerprint density at radius 3 is 1.53 bits per heavy atom. The second-order valence-corrected chi connectivity index (χ2v) is 14.9. The van der Waals surface area contributed by atoms with Gasteiger partial charge in [0, 0.05) is 80.2 Å². The quantitative estimate of drug-likeness (QED) is 0.104. The van der Waals surface area contributed by atoms with Gasteiger partial charge in [-0.25, -0.2) is 9.80 Å². The molecule has 5 aromatic rings. The molecule has 1 fully saturated rings. The van der Waals surface area contributed by atoms with Crippen molar-refractivity contribution in [2.75, 3.05) is 34.3 Å². The standard InChI is InChI=1S/C45H40N4O6/c1-2-3-4-5-6-10-25-47-40(50)32-17-19-34-39-35(20-18-33(38(32)39)41(47)51)45(55)49(44(34)54)28-14-11-13-27(26-28)48-42(52)30-16-12-15-29-36(46-23-8-7-9-24-46)22-21-31(37(29)30)43(48)53/h11-22,26H,2-10,23-25H2,1H3. The van der Waals surface area contributed by atoms with Gasteiger partial charge >= 0.3 is 0 Å². The molecule has 0 bridgehead atoms. The first kappa shape index (κ1) is 34.6. The van der Waals surface area contributed by atoms with Crippen molar-refractivity contribution in [2.45, 2.75) is 64.7 Å². The smallest absolute Gasteiger partial charge is 0.265 e. The first-order chi connectivity index (χ1) is 26.8. The van der Waals surface area contributed by atoms with E-state index in [1.807, 2.05) is 18.2 Å². The van der Waals surface area contributed by atoms with Crippen LogP contribution in [0.15, 0.2) is 78.9 Å². The molecule has 0 aromatic heterocycles. The van der Waals surface area contributed by atoms with Crippen LogP contribution in [-0.4, -0.2) is 60.0 Å². The molecule has 4 aliphatic rings. The molecule has 0 N–H and O–H groups in total. The maximum absolute atomic E-state index is 14.3. The van der Waals surface area contributed by atoms with Gasteiger partial charge in [-0.3, -0.25) is 33.7 Å². The number of piperidine rings is 1. The van der Waals surface area contributed by atoms with Crippen molar-refractivity contribution in [1.82, 2.24) is 4.90 Å². The summed E-state index contributed by atoms with van der Waals surface area (Å²) < 4.78 is 0. The zero-order chi connectivity index (χ0) is 38.0. The van der Waals surface area contributed by atoms with E-state index in [9.17, 15) is 28.8 Å². The van der Waals surface area contributed by atoms with Gasteiger partial charge in [0.2, 0.25) is 0 Å². The number of anilines is 3. The van der Waals surface area contributed by atoms with Crippen LogP contribution in [0.3, 0.4) is 0 Å². The molecular formula is C45H40N4O6. The summed E-state index contributed by atoms with van der Waals surface area (Å²) in [5.74, 6) is -3.11. The molecule has 9 rings (SSSR count). The highest BCUT2D eigenvalue weighted by atomic mass is 16.2. The molecule has 0 atom stereocenters. The Morgan fingerprint density at radius 1 is 0.473 bits per heavy atom. The zero-order valence-electron chi connectivity index (χ0n) is 30.7. The van der Waals surface area contributed by atoms with Gasteiger partial charge in [0.05, 0.1) is 11.4 Å². The van der Waals surface area contributed by atoms with Crippen molar-refractivity contribution in [1.29, 1.82) is 0 Å². The monoisotopic (exact) mass is 732 g/mol. The Hall–Kier alpha value is -6.16. The van der Waals surface area contributed by atoms with Crippen molar-refractivity contribution in [3.63, 3.8) is 0 Å². The second-order valence-electron chi connectivity index (χ2n) is 14.9. The summed E-state index contributed by atoms with van der Waals surface area (Å²) in [6.07, 6.45) is 9.44. The van der Waals surface area contributed by atoms with Gasteiger partial charge in [-0.1, -0.05) is 57.2 Å². The fraction of sp³-hybridized carbons (Fsp3) is 0.289. The molecule has 4 heterocycles. The molecule has 10 heteroatoms. The number of rotatable bonds is 10. The van der Waals surface area contributed by atoms with E-state index in [4.69, 9.17) is 0 Å². The van der Waals surface area contributed by atoms with Crippen LogP contribution < -0.4 is 14.7 Å². The molecule has 1 saturated heterocycles. The van der Waals surface area contributed by atoms with Crippen LogP contribution in [0.1, 0.15) is 127 Å². The van der Waals surface area contributed by atoms with Crippen LogP contribution in [0.25, 0.3) is 21.5 Å². The predicted molar refractivity (Wildman–Crippen MR) is 211 cm³/mol. The van der Waals surface area contributed by atoms with Crippen molar-refractivity contribution >= 4 is 74.1 Å². The average molecular weight is 733 g/mol. The van der Waals surface area contributed by atoms with E-state index in [1.165, 1.54) is 17.4 Å². The summed E-state index contributed by atoms with van der Waals surface area (Å²) in [7, 11) is 0. The maximum Gasteiger partial charge on any atom is 0.265 e. The minimum Gasteiger partial charge on any atom is -0.371 e. The van der Waals surface area contributed by atoms with E-state index in [2.05, 4.69) is 11.8 Å². The van der Waals surface area contributed by atoms with E-state index >= 15 is 0 Å². The highest BCUT2D eigenvalue weighted by Crippen LogP contribution is 2.42.